The predicted octanol–water partition coefficient (Wildman–Crippen LogP) is 1.58. The number of nitrogens with zero attached hydrogens (tertiary/aromatic N) is 2. The maximum Gasteiger partial charge on any atom is 0.243 e. The molecule has 2 rings (SSSR count). The molecule has 4 N–H and O–H groups in total. The zero-order valence-electron chi connectivity index (χ0n) is 14.6. The Hall–Kier alpha value is -2.20. The Morgan fingerprint density at radius 3 is 2.58 bits per heavy atom. The second-order valence-corrected chi connectivity index (χ2v) is 5.39. The van der Waals surface area contributed by atoms with Crippen LogP contribution in [-0.4, -0.2) is 48.7 Å². The second kappa shape index (κ2) is 12.2. The monoisotopic (exact) mass is 469 g/mol. The van der Waals surface area contributed by atoms with Crippen LogP contribution in [0.2, 0.25) is 0 Å². The summed E-state index contributed by atoms with van der Waals surface area (Å²) < 4.78 is 0. The highest BCUT2D eigenvalue weighted by Gasteiger charge is 2.11. The van der Waals surface area contributed by atoms with Crippen LogP contribution in [0.4, 0.5) is 5.69 Å². The van der Waals surface area contributed by atoms with Crippen LogP contribution >= 0.6 is 24.0 Å². The fraction of sp³-hybridized carbons (Fsp3) is 0.278. The van der Waals surface area contributed by atoms with E-state index in [4.69, 9.17) is 0 Å². The lowest BCUT2D eigenvalue weighted by atomic mass is 10.0. The molecule has 7 nitrogen and oxygen atoms in total. The molecule has 0 spiro atoms. The van der Waals surface area contributed by atoms with Gasteiger partial charge in [-0.15, -0.1) is 24.0 Å². The predicted molar refractivity (Wildman–Crippen MR) is 114 cm³/mol. The summed E-state index contributed by atoms with van der Waals surface area (Å²) in [6.07, 6.45) is 3.22. The number of aliphatic hydroxyl groups is 1. The number of aliphatic hydroxyl groups excluding tert-OH is 1. The molecule has 1 aromatic carbocycles. The van der Waals surface area contributed by atoms with Gasteiger partial charge in [-0.25, -0.2) is 0 Å². The molecule has 1 amide bonds. The van der Waals surface area contributed by atoms with E-state index in [1.54, 1.807) is 31.6 Å². The average Bonchev–Trinajstić information content (AvgIpc) is 2.66. The van der Waals surface area contributed by atoms with Gasteiger partial charge in [-0.3, -0.25) is 14.8 Å². The lowest BCUT2D eigenvalue weighted by Crippen LogP contribution is -2.43. The zero-order chi connectivity index (χ0) is 17.9. The van der Waals surface area contributed by atoms with Gasteiger partial charge in [0.1, 0.15) is 0 Å². The van der Waals surface area contributed by atoms with E-state index in [2.05, 4.69) is 25.9 Å². The molecule has 0 aliphatic heterocycles. The normalized spacial score (nSPS) is 11.8. The number of halogens is 1. The van der Waals surface area contributed by atoms with Crippen LogP contribution in [0.25, 0.3) is 0 Å². The summed E-state index contributed by atoms with van der Waals surface area (Å²) in [6, 6.07) is 13.3. The van der Waals surface area contributed by atoms with Crippen molar-refractivity contribution in [2.45, 2.75) is 5.92 Å². The number of hydrogen-bond donors (Lipinski definition) is 4. The number of carbonyl (C=O) groups is 1. The molecular formula is C18H24IN5O2. The Morgan fingerprint density at radius 2 is 1.96 bits per heavy atom. The van der Waals surface area contributed by atoms with Crippen molar-refractivity contribution < 1.29 is 9.90 Å². The first kappa shape index (κ1) is 21.8. The standard InChI is InChI=1S/C18H23N5O2.HI/c1-19-18(21-10-15(13-24)14-6-3-2-4-7-14)22-12-17(25)23-16-8-5-9-20-11-16;/h2-9,11,15,24H,10,12-13H2,1H3,(H,23,25)(H2,19,21,22);1H. The fourth-order valence-electron chi connectivity index (χ4n) is 2.26. The maximum atomic E-state index is 11.9. The molecule has 2 aromatic rings. The van der Waals surface area contributed by atoms with Gasteiger partial charge in [-0.1, -0.05) is 30.3 Å². The number of hydrogen-bond acceptors (Lipinski definition) is 4. The third kappa shape index (κ3) is 7.36. The molecule has 26 heavy (non-hydrogen) atoms. The van der Waals surface area contributed by atoms with Gasteiger partial charge in [0.05, 0.1) is 25.0 Å². The van der Waals surface area contributed by atoms with E-state index < -0.39 is 0 Å². The largest absolute Gasteiger partial charge is 0.396 e. The Labute approximate surface area is 170 Å². The quantitative estimate of drug-likeness (QED) is 0.281. The summed E-state index contributed by atoms with van der Waals surface area (Å²) in [7, 11) is 1.63. The minimum absolute atomic E-state index is 0. The Bertz CT molecular complexity index is 682. The summed E-state index contributed by atoms with van der Waals surface area (Å²) in [4.78, 5) is 20.0. The molecule has 1 unspecified atom stereocenters. The molecule has 0 saturated heterocycles. The number of rotatable bonds is 7. The SMILES string of the molecule is CN=C(NCC(=O)Nc1cccnc1)NCC(CO)c1ccccc1.I. The van der Waals surface area contributed by atoms with E-state index in [1.165, 1.54) is 0 Å². The van der Waals surface area contributed by atoms with E-state index in [0.29, 0.717) is 18.2 Å². The number of guanidine groups is 1. The van der Waals surface area contributed by atoms with Crippen molar-refractivity contribution in [3.8, 4) is 0 Å². The van der Waals surface area contributed by atoms with Crippen molar-refractivity contribution in [3.63, 3.8) is 0 Å². The minimum Gasteiger partial charge on any atom is -0.396 e. The highest BCUT2D eigenvalue weighted by molar-refractivity contribution is 14.0. The summed E-state index contributed by atoms with van der Waals surface area (Å²) in [6.45, 7) is 0.601. The van der Waals surface area contributed by atoms with E-state index >= 15 is 0 Å². The van der Waals surface area contributed by atoms with E-state index in [9.17, 15) is 9.90 Å². The Kier molecular flexibility index (Phi) is 10.3. The topological polar surface area (TPSA) is 98.6 Å². The molecule has 1 heterocycles. The van der Waals surface area contributed by atoms with Gasteiger partial charge in [-0.05, 0) is 17.7 Å². The number of benzene rings is 1. The van der Waals surface area contributed by atoms with Crippen molar-refractivity contribution in [3.05, 3.63) is 60.4 Å². The van der Waals surface area contributed by atoms with Gasteiger partial charge in [0.25, 0.3) is 0 Å². The highest BCUT2D eigenvalue weighted by atomic mass is 127. The minimum atomic E-state index is -0.197. The van der Waals surface area contributed by atoms with Crippen LogP contribution in [0.15, 0.2) is 59.9 Å². The Morgan fingerprint density at radius 1 is 1.19 bits per heavy atom. The Balaban J connectivity index is 0.00000338. The fourth-order valence-corrected chi connectivity index (χ4v) is 2.26. The van der Waals surface area contributed by atoms with Gasteiger partial charge in [0.15, 0.2) is 5.96 Å². The number of amides is 1. The van der Waals surface area contributed by atoms with E-state index in [1.807, 2.05) is 30.3 Å². The van der Waals surface area contributed by atoms with Gasteiger partial charge in [0.2, 0.25) is 5.91 Å². The first-order valence-electron chi connectivity index (χ1n) is 8.03. The first-order chi connectivity index (χ1) is 12.2. The lowest BCUT2D eigenvalue weighted by molar-refractivity contribution is -0.115. The number of aliphatic imine (C=N–C) groups is 1. The smallest absolute Gasteiger partial charge is 0.243 e. The van der Waals surface area contributed by atoms with Crippen LogP contribution in [0.5, 0.6) is 0 Å². The molecule has 1 aromatic heterocycles. The lowest BCUT2D eigenvalue weighted by Gasteiger charge is -2.18. The van der Waals surface area contributed by atoms with Gasteiger partial charge in [0, 0.05) is 25.7 Å². The molecule has 0 fully saturated rings. The van der Waals surface area contributed by atoms with Crippen molar-refractivity contribution in [1.29, 1.82) is 0 Å². The molecule has 140 valence electrons. The first-order valence-corrected chi connectivity index (χ1v) is 8.03. The summed E-state index contributed by atoms with van der Waals surface area (Å²) >= 11 is 0. The van der Waals surface area contributed by atoms with Crippen LogP contribution < -0.4 is 16.0 Å². The molecule has 1 atom stereocenters. The number of carbonyl (C=O) groups excluding carboxylic acids is 1. The molecule has 0 radical (unpaired) electrons. The third-order valence-electron chi connectivity index (χ3n) is 3.59. The summed E-state index contributed by atoms with van der Waals surface area (Å²) in [5.41, 5.74) is 1.68. The summed E-state index contributed by atoms with van der Waals surface area (Å²) in [5, 5.41) is 18.4. The molecule has 0 bridgehead atoms. The number of nitrogens with one attached hydrogen (secondary N) is 3. The van der Waals surface area contributed by atoms with Crippen LogP contribution in [-0.2, 0) is 4.79 Å². The molecular weight excluding hydrogens is 445 g/mol. The molecule has 8 heteroatoms. The number of anilines is 1. The van der Waals surface area contributed by atoms with Gasteiger partial charge in [-0.2, -0.15) is 0 Å². The maximum absolute atomic E-state index is 11.9. The van der Waals surface area contributed by atoms with E-state index in [0.717, 1.165) is 5.56 Å². The second-order valence-electron chi connectivity index (χ2n) is 5.39. The van der Waals surface area contributed by atoms with Gasteiger partial charge < -0.3 is 21.1 Å². The average molecular weight is 469 g/mol. The summed E-state index contributed by atoms with van der Waals surface area (Å²) in [5.74, 6) is 0.248. The number of aromatic nitrogens is 1. The van der Waals surface area contributed by atoms with Crippen molar-refractivity contribution >= 4 is 41.5 Å². The van der Waals surface area contributed by atoms with Crippen LogP contribution in [0, 0.1) is 0 Å². The molecule has 0 aliphatic rings. The van der Waals surface area contributed by atoms with Crippen molar-refractivity contribution in [1.82, 2.24) is 15.6 Å². The van der Waals surface area contributed by atoms with Crippen LogP contribution in [0.1, 0.15) is 11.5 Å². The molecule has 0 aliphatic carbocycles. The van der Waals surface area contributed by atoms with E-state index in [-0.39, 0.29) is 49.0 Å². The zero-order valence-corrected chi connectivity index (χ0v) is 16.9. The van der Waals surface area contributed by atoms with Crippen molar-refractivity contribution in [2.24, 2.45) is 4.99 Å². The van der Waals surface area contributed by atoms with Gasteiger partial charge >= 0.3 is 0 Å². The molecule has 0 saturated carbocycles. The highest BCUT2D eigenvalue weighted by Crippen LogP contribution is 2.13. The van der Waals surface area contributed by atoms with Crippen molar-refractivity contribution in [2.75, 3.05) is 32.1 Å². The van der Waals surface area contributed by atoms with Crippen LogP contribution in [0.3, 0.4) is 0 Å². The number of pyridine rings is 1. The third-order valence-corrected chi connectivity index (χ3v) is 3.59.